The smallest absolute Gasteiger partial charge is 0.227 e. The summed E-state index contributed by atoms with van der Waals surface area (Å²) >= 11 is 0. The summed E-state index contributed by atoms with van der Waals surface area (Å²) < 4.78 is 16.1. The van der Waals surface area contributed by atoms with Crippen molar-refractivity contribution in [3.05, 3.63) is 23.8 Å². The normalized spacial score (nSPS) is 24.0. The fraction of sp³-hybridized carbons (Fsp3) is 0.632. The van der Waals surface area contributed by atoms with Crippen LogP contribution in [0.3, 0.4) is 0 Å². The minimum atomic E-state index is -0.461. The van der Waals surface area contributed by atoms with E-state index in [-0.39, 0.29) is 17.9 Å². The van der Waals surface area contributed by atoms with Crippen LogP contribution in [0.4, 0.5) is 0 Å². The van der Waals surface area contributed by atoms with Gasteiger partial charge in [0.05, 0.1) is 19.6 Å². The summed E-state index contributed by atoms with van der Waals surface area (Å²) in [5.74, 6) is 1.46. The Labute approximate surface area is 148 Å². The summed E-state index contributed by atoms with van der Waals surface area (Å²) in [6, 6.07) is 5.53. The standard InChI is InChI=1S/C19H27NO5/c1-23-15-3-4-16(24-2)14(11-15)12-20-17(22)19(5-8-21)13-18(19)6-9-25-10-7-18/h3-4,11,21H,5-10,12-13H2,1-2H3,(H,20,22). The lowest BCUT2D eigenvalue weighted by atomic mass is 9.83. The van der Waals surface area contributed by atoms with Gasteiger partial charge in [-0.25, -0.2) is 0 Å². The van der Waals surface area contributed by atoms with Gasteiger partial charge in [0.2, 0.25) is 5.91 Å². The quantitative estimate of drug-likeness (QED) is 0.786. The molecule has 0 radical (unpaired) electrons. The van der Waals surface area contributed by atoms with Crippen molar-refractivity contribution in [3.8, 4) is 11.5 Å². The fourth-order valence-corrected chi connectivity index (χ4v) is 4.29. The highest BCUT2D eigenvalue weighted by Gasteiger charge is 2.70. The zero-order valence-corrected chi connectivity index (χ0v) is 15.0. The molecule has 2 fully saturated rings. The molecule has 3 rings (SSSR count). The third kappa shape index (κ3) is 3.20. The van der Waals surface area contributed by atoms with Gasteiger partial charge in [0.15, 0.2) is 0 Å². The van der Waals surface area contributed by atoms with E-state index in [9.17, 15) is 9.90 Å². The van der Waals surface area contributed by atoms with E-state index in [0.717, 1.165) is 30.6 Å². The molecule has 1 aromatic rings. The number of carbonyl (C=O) groups excluding carboxylic acids is 1. The fourth-order valence-electron chi connectivity index (χ4n) is 4.29. The highest BCUT2D eigenvalue weighted by molar-refractivity contribution is 5.87. The lowest BCUT2D eigenvalue weighted by molar-refractivity contribution is -0.129. The summed E-state index contributed by atoms with van der Waals surface area (Å²) in [5.41, 5.74) is 0.407. The number of ether oxygens (including phenoxy) is 3. The van der Waals surface area contributed by atoms with E-state index in [1.807, 2.05) is 18.2 Å². The second-order valence-corrected chi connectivity index (χ2v) is 6.99. The Morgan fingerprint density at radius 2 is 2.04 bits per heavy atom. The van der Waals surface area contributed by atoms with Crippen molar-refractivity contribution in [1.29, 1.82) is 0 Å². The predicted octanol–water partition coefficient (Wildman–Crippen LogP) is 1.89. The molecule has 1 aliphatic carbocycles. The largest absolute Gasteiger partial charge is 0.497 e. The summed E-state index contributed by atoms with van der Waals surface area (Å²) in [6.45, 7) is 1.80. The number of hydrogen-bond donors (Lipinski definition) is 2. The van der Waals surface area contributed by atoms with Gasteiger partial charge in [-0.15, -0.1) is 0 Å². The van der Waals surface area contributed by atoms with Crippen LogP contribution in [-0.4, -0.2) is 45.1 Å². The maximum Gasteiger partial charge on any atom is 0.227 e. The molecule has 1 aliphatic heterocycles. The van der Waals surface area contributed by atoms with E-state index in [4.69, 9.17) is 14.2 Å². The molecule has 2 aliphatic rings. The number of amides is 1. The molecule has 6 heteroatoms. The van der Waals surface area contributed by atoms with Crippen LogP contribution in [0.1, 0.15) is 31.2 Å². The van der Waals surface area contributed by atoms with Crippen LogP contribution < -0.4 is 14.8 Å². The van der Waals surface area contributed by atoms with Crippen molar-refractivity contribution in [2.24, 2.45) is 10.8 Å². The van der Waals surface area contributed by atoms with Gasteiger partial charge in [-0.3, -0.25) is 4.79 Å². The van der Waals surface area contributed by atoms with Gasteiger partial charge in [0.1, 0.15) is 11.5 Å². The van der Waals surface area contributed by atoms with Crippen molar-refractivity contribution in [2.45, 2.75) is 32.2 Å². The van der Waals surface area contributed by atoms with Crippen LogP contribution in [-0.2, 0) is 16.1 Å². The van der Waals surface area contributed by atoms with E-state index in [1.165, 1.54) is 0 Å². The molecular formula is C19H27NO5. The highest BCUT2D eigenvalue weighted by Crippen LogP contribution is 2.70. The van der Waals surface area contributed by atoms with Gasteiger partial charge in [-0.2, -0.15) is 0 Å². The number of rotatable bonds is 7. The molecule has 1 saturated heterocycles. The Morgan fingerprint density at radius 3 is 2.68 bits per heavy atom. The molecule has 1 saturated carbocycles. The van der Waals surface area contributed by atoms with Crippen LogP contribution in [0.25, 0.3) is 0 Å². The second-order valence-electron chi connectivity index (χ2n) is 6.99. The molecule has 2 N–H and O–H groups in total. The van der Waals surface area contributed by atoms with Gasteiger partial charge in [0.25, 0.3) is 0 Å². The van der Waals surface area contributed by atoms with Gasteiger partial charge in [0, 0.05) is 31.9 Å². The first-order valence-electron chi connectivity index (χ1n) is 8.79. The zero-order valence-electron chi connectivity index (χ0n) is 15.0. The molecular weight excluding hydrogens is 322 g/mol. The topological polar surface area (TPSA) is 77.0 Å². The Balaban J connectivity index is 1.71. The van der Waals surface area contributed by atoms with Crippen LogP contribution in [0.2, 0.25) is 0 Å². The molecule has 1 heterocycles. The molecule has 1 amide bonds. The number of carbonyl (C=O) groups is 1. The molecule has 6 nitrogen and oxygen atoms in total. The average molecular weight is 349 g/mol. The molecule has 0 bridgehead atoms. The molecule has 138 valence electrons. The first-order valence-corrected chi connectivity index (χ1v) is 8.79. The Hall–Kier alpha value is -1.79. The predicted molar refractivity (Wildman–Crippen MR) is 92.6 cm³/mol. The van der Waals surface area contributed by atoms with Crippen molar-refractivity contribution >= 4 is 5.91 Å². The van der Waals surface area contributed by atoms with E-state index >= 15 is 0 Å². The number of hydrogen-bond acceptors (Lipinski definition) is 5. The third-order valence-electron chi connectivity index (χ3n) is 5.88. The van der Waals surface area contributed by atoms with Crippen molar-refractivity contribution in [1.82, 2.24) is 5.32 Å². The van der Waals surface area contributed by atoms with E-state index in [2.05, 4.69) is 5.32 Å². The Morgan fingerprint density at radius 1 is 1.28 bits per heavy atom. The summed E-state index contributed by atoms with van der Waals surface area (Å²) in [4.78, 5) is 13.0. The molecule has 25 heavy (non-hydrogen) atoms. The molecule has 1 spiro atoms. The number of aliphatic hydroxyl groups excluding tert-OH is 1. The summed E-state index contributed by atoms with van der Waals surface area (Å²) in [7, 11) is 3.22. The highest BCUT2D eigenvalue weighted by atomic mass is 16.5. The lowest BCUT2D eigenvalue weighted by Gasteiger charge is -2.28. The van der Waals surface area contributed by atoms with Crippen molar-refractivity contribution < 1.29 is 24.1 Å². The molecule has 1 atom stereocenters. The number of nitrogens with one attached hydrogen (secondary N) is 1. The van der Waals surface area contributed by atoms with E-state index in [1.54, 1.807) is 14.2 Å². The van der Waals surface area contributed by atoms with Crippen molar-refractivity contribution in [2.75, 3.05) is 34.0 Å². The van der Waals surface area contributed by atoms with E-state index in [0.29, 0.717) is 31.9 Å². The minimum Gasteiger partial charge on any atom is -0.497 e. The number of benzene rings is 1. The summed E-state index contributed by atoms with van der Waals surface area (Å²) in [6.07, 6.45) is 3.13. The Kier molecular flexibility index (Phi) is 5.20. The maximum atomic E-state index is 13.0. The zero-order chi connectivity index (χ0) is 17.9. The van der Waals surface area contributed by atoms with Crippen LogP contribution >= 0.6 is 0 Å². The monoisotopic (exact) mass is 349 g/mol. The van der Waals surface area contributed by atoms with Gasteiger partial charge < -0.3 is 24.6 Å². The Bertz CT molecular complexity index is 626. The maximum absolute atomic E-state index is 13.0. The van der Waals surface area contributed by atoms with E-state index < -0.39 is 5.41 Å². The molecule has 1 unspecified atom stereocenters. The molecule has 0 aromatic heterocycles. The van der Waals surface area contributed by atoms with Gasteiger partial charge in [-0.05, 0) is 49.3 Å². The third-order valence-corrected chi connectivity index (χ3v) is 5.88. The first kappa shape index (κ1) is 18.0. The van der Waals surface area contributed by atoms with Gasteiger partial charge >= 0.3 is 0 Å². The average Bonchev–Trinajstić information content (AvgIpc) is 3.26. The second kappa shape index (κ2) is 7.22. The van der Waals surface area contributed by atoms with Crippen LogP contribution in [0, 0.1) is 10.8 Å². The SMILES string of the molecule is COc1ccc(OC)c(CNC(=O)C2(CCO)CC23CCOCC3)c1. The number of aliphatic hydroxyl groups is 1. The van der Waals surface area contributed by atoms with Gasteiger partial charge in [-0.1, -0.05) is 0 Å². The number of methoxy groups -OCH3 is 2. The summed E-state index contributed by atoms with van der Waals surface area (Å²) in [5, 5.41) is 12.6. The lowest BCUT2D eigenvalue weighted by Crippen LogP contribution is -2.38. The molecule has 1 aromatic carbocycles. The van der Waals surface area contributed by atoms with Crippen molar-refractivity contribution in [3.63, 3.8) is 0 Å². The van der Waals surface area contributed by atoms with Crippen LogP contribution in [0.15, 0.2) is 18.2 Å². The van der Waals surface area contributed by atoms with Crippen LogP contribution in [0.5, 0.6) is 11.5 Å². The minimum absolute atomic E-state index is 0.00344. The first-order chi connectivity index (χ1) is 12.1.